The molecule has 1 aromatic carbocycles. The van der Waals surface area contributed by atoms with Gasteiger partial charge in [0, 0.05) is 33.8 Å². The maximum Gasteiger partial charge on any atom is 0.253 e. The molecule has 0 aliphatic carbocycles. The number of hydrogen-bond acceptors (Lipinski definition) is 7. The first kappa shape index (κ1) is 17.1. The van der Waals surface area contributed by atoms with E-state index >= 15 is 0 Å². The number of hydrogen-bond donors (Lipinski definition) is 2. The fraction of sp³-hybridized carbons (Fsp3) is 0.176. The maximum absolute atomic E-state index is 12.4. The van der Waals surface area contributed by atoms with Crippen molar-refractivity contribution in [3.63, 3.8) is 0 Å². The van der Waals surface area contributed by atoms with E-state index in [4.69, 9.17) is 11.6 Å². The van der Waals surface area contributed by atoms with Crippen molar-refractivity contribution in [2.75, 3.05) is 5.32 Å². The summed E-state index contributed by atoms with van der Waals surface area (Å²) in [7, 11) is 0. The predicted molar refractivity (Wildman–Crippen MR) is 101 cm³/mol. The number of halogens is 1. The van der Waals surface area contributed by atoms with Crippen LogP contribution in [0.5, 0.6) is 0 Å². The number of aromatic nitrogens is 7. The molecule has 0 fully saturated rings. The number of benzene rings is 1. The van der Waals surface area contributed by atoms with E-state index < -0.39 is 0 Å². The van der Waals surface area contributed by atoms with Crippen molar-refractivity contribution in [3.05, 3.63) is 63.3 Å². The predicted octanol–water partition coefficient (Wildman–Crippen LogP) is 2.43. The van der Waals surface area contributed by atoms with Crippen molar-refractivity contribution >= 4 is 28.5 Å². The third-order valence-electron chi connectivity index (χ3n) is 4.13. The number of aromatic amines is 1. The van der Waals surface area contributed by atoms with E-state index in [1.165, 1.54) is 4.68 Å². The third kappa shape index (κ3) is 3.36. The van der Waals surface area contributed by atoms with Crippen LogP contribution in [0.25, 0.3) is 16.7 Å². The number of tetrazole rings is 1. The Morgan fingerprint density at radius 2 is 2.11 bits per heavy atom. The molecule has 0 aliphatic heterocycles. The maximum atomic E-state index is 12.4. The molecule has 1 atom stereocenters. The summed E-state index contributed by atoms with van der Waals surface area (Å²) >= 11 is 6.05. The van der Waals surface area contributed by atoms with Gasteiger partial charge in [-0.2, -0.15) is 9.67 Å². The smallest absolute Gasteiger partial charge is 0.253 e. The van der Waals surface area contributed by atoms with Gasteiger partial charge >= 0.3 is 0 Å². The second-order valence-corrected chi connectivity index (χ2v) is 6.46. The van der Waals surface area contributed by atoms with Gasteiger partial charge in [0.2, 0.25) is 5.95 Å². The second kappa shape index (κ2) is 6.76. The lowest BCUT2D eigenvalue weighted by Gasteiger charge is -2.14. The lowest BCUT2D eigenvalue weighted by molar-refractivity contribution is 0.753. The van der Waals surface area contributed by atoms with Gasteiger partial charge in [-0.1, -0.05) is 11.6 Å². The van der Waals surface area contributed by atoms with Crippen LogP contribution in [0.2, 0.25) is 5.02 Å². The fourth-order valence-corrected chi connectivity index (χ4v) is 2.95. The average molecular weight is 383 g/mol. The number of pyridine rings is 1. The minimum Gasteiger partial charge on any atom is -0.347 e. The van der Waals surface area contributed by atoms with E-state index in [1.807, 2.05) is 13.0 Å². The number of rotatable bonds is 4. The topological polar surface area (TPSA) is 114 Å². The fourth-order valence-electron chi connectivity index (χ4n) is 2.77. The van der Waals surface area contributed by atoms with Crippen LogP contribution in [0.1, 0.15) is 24.4 Å². The quantitative estimate of drug-likeness (QED) is 0.557. The molecule has 1 unspecified atom stereocenters. The molecule has 9 nitrogen and oxygen atoms in total. The van der Waals surface area contributed by atoms with Crippen molar-refractivity contribution in [1.82, 2.24) is 35.2 Å². The highest BCUT2D eigenvalue weighted by molar-refractivity contribution is 6.31. The van der Waals surface area contributed by atoms with E-state index in [9.17, 15) is 4.79 Å². The zero-order valence-corrected chi connectivity index (χ0v) is 15.3. The summed E-state index contributed by atoms with van der Waals surface area (Å²) in [6.07, 6.45) is 1.60. The molecule has 3 aromatic heterocycles. The number of anilines is 1. The van der Waals surface area contributed by atoms with Crippen LogP contribution in [-0.4, -0.2) is 35.2 Å². The van der Waals surface area contributed by atoms with Gasteiger partial charge in [-0.3, -0.25) is 4.79 Å². The van der Waals surface area contributed by atoms with Gasteiger partial charge in [0.15, 0.2) is 11.6 Å². The standard InChI is InChI=1S/C17H15ClN8O/c1-9(13-8-11-7-12(18)3-4-14(11)21-16(13)27)20-17-19-6-5-15(22-17)26-10(2)23-24-25-26/h3-9H,1-2H3,(H,21,27)(H,19,20,22). The molecule has 136 valence electrons. The molecule has 10 heteroatoms. The van der Waals surface area contributed by atoms with Crippen LogP contribution in [0.15, 0.2) is 41.3 Å². The van der Waals surface area contributed by atoms with Gasteiger partial charge in [0.05, 0.1) is 6.04 Å². The van der Waals surface area contributed by atoms with Gasteiger partial charge in [-0.15, -0.1) is 5.10 Å². The van der Waals surface area contributed by atoms with Gasteiger partial charge in [0.25, 0.3) is 5.56 Å². The molecule has 0 amide bonds. The zero-order valence-electron chi connectivity index (χ0n) is 14.5. The molecule has 3 heterocycles. The first-order valence-electron chi connectivity index (χ1n) is 8.19. The van der Waals surface area contributed by atoms with Crippen molar-refractivity contribution in [2.24, 2.45) is 0 Å². The van der Waals surface area contributed by atoms with Crippen LogP contribution >= 0.6 is 11.6 Å². The van der Waals surface area contributed by atoms with Crippen LogP contribution in [-0.2, 0) is 0 Å². The Bertz CT molecular complexity index is 1180. The Kier molecular flexibility index (Phi) is 4.28. The summed E-state index contributed by atoms with van der Waals surface area (Å²) in [6.45, 7) is 3.64. The second-order valence-electron chi connectivity index (χ2n) is 6.03. The first-order chi connectivity index (χ1) is 13.0. The monoisotopic (exact) mass is 382 g/mol. The van der Waals surface area contributed by atoms with Crippen molar-refractivity contribution in [3.8, 4) is 5.82 Å². The lowest BCUT2D eigenvalue weighted by Crippen LogP contribution is -2.20. The Morgan fingerprint density at radius 3 is 2.89 bits per heavy atom. The van der Waals surface area contributed by atoms with E-state index in [0.29, 0.717) is 28.2 Å². The Balaban J connectivity index is 1.65. The number of H-pyrrole nitrogens is 1. The van der Waals surface area contributed by atoms with Crippen molar-refractivity contribution in [2.45, 2.75) is 19.9 Å². The normalized spacial score (nSPS) is 12.3. The molecule has 0 aliphatic rings. The van der Waals surface area contributed by atoms with E-state index in [2.05, 4.69) is 35.8 Å². The molecule has 0 saturated carbocycles. The lowest BCUT2D eigenvalue weighted by atomic mass is 10.1. The molecule has 0 radical (unpaired) electrons. The third-order valence-corrected chi connectivity index (χ3v) is 4.37. The highest BCUT2D eigenvalue weighted by Crippen LogP contribution is 2.21. The van der Waals surface area contributed by atoms with Crippen molar-refractivity contribution in [1.29, 1.82) is 0 Å². The van der Waals surface area contributed by atoms with Gasteiger partial charge in [-0.25, -0.2) is 4.98 Å². The van der Waals surface area contributed by atoms with Gasteiger partial charge in [0.1, 0.15) is 0 Å². The number of nitrogens with zero attached hydrogens (tertiary/aromatic N) is 6. The number of aryl methyl sites for hydroxylation is 1. The number of nitrogens with one attached hydrogen (secondary N) is 2. The minimum atomic E-state index is -0.331. The summed E-state index contributed by atoms with van der Waals surface area (Å²) in [6, 6.07) is 8.50. The van der Waals surface area contributed by atoms with E-state index in [0.717, 1.165) is 10.9 Å². The van der Waals surface area contributed by atoms with Crippen LogP contribution in [0, 0.1) is 6.92 Å². The highest BCUT2D eigenvalue weighted by Gasteiger charge is 2.14. The summed E-state index contributed by atoms with van der Waals surface area (Å²) in [4.78, 5) is 23.9. The average Bonchev–Trinajstić information content (AvgIpc) is 3.07. The SMILES string of the molecule is Cc1nnnn1-c1ccnc(NC(C)c2cc3cc(Cl)ccc3[nH]c2=O)n1. The molecule has 4 rings (SSSR count). The van der Waals surface area contributed by atoms with Crippen LogP contribution in [0.4, 0.5) is 5.95 Å². The molecule has 0 bridgehead atoms. The number of fused-ring (bicyclic) bond motifs is 1. The molecular formula is C17H15ClN8O. The van der Waals surface area contributed by atoms with E-state index in [-0.39, 0.29) is 11.6 Å². The van der Waals surface area contributed by atoms with Crippen LogP contribution in [0.3, 0.4) is 0 Å². The summed E-state index contributed by atoms with van der Waals surface area (Å²) < 4.78 is 1.50. The molecule has 2 N–H and O–H groups in total. The molecule has 4 aromatic rings. The molecular weight excluding hydrogens is 368 g/mol. The van der Waals surface area contributed by atoms with Gasteiger partial charge < -0.3 is 10.3 Å². The molecule has 0 spiro atoms. The Labute approximate surface area is 158 Å². The van der Waals surface area contributed by atoms with Gasteiger partial charge in [-0.05, 0) is 48.5 Å². The van der Waals surface area contributed by atoms with Crippen molar-refractivity contribution < 1.29 is 0 Å². The Hall–Kier alpha value is -3.33. The zero-order chi connectivity index (χ0) is 19.0. The highest BCUT2D eigenvalue weighted by atomic mass is 35.5. The minimum absolute atomic E-state index is 0.183. The summed E-state index contributed by atoms with van der Waals surface area (Å²) in [5, 5.41) is 15.9. The summed E-state index contributed by atoms with van der Waals surface area (Å²) in [5.41, 5.74) is 1.10. The molecule has 0 saturated heterocycles. The molecule has 27 heavy (non-hydrogen) atoms. The largest absolute Gasteiger partial charge is 0.347 e. The first-order valence-corrected chi connectivity index (χ1v) is 8.56. The summed E-state index contributed by atoms with van der Waals surface area (Å²) in [5.74, 6) is 1.50. The van der Waals surface area contributed by atoms with Crippen LogP contribution < -0.4 is 10.9 Å². The van der Waals surface area contributed by atoms with E-state index in [1.54, 1.807) is 37.4 Å². The Morgan fingerprint density at radius 1 is 1.26 bits per heavy atom.